The van der Waals surface area contributed by atoms with Gasteiger partial charge in [-0.25, -0.2) is 13.2 Å². The van der Waals surface area contributed by atoms with Crippen LogP contribution in [0, 0.1) is 0 Å². The van der Waals surface area contributed by atoms with E-state index >= 15 is 0 Å². The number of nitrogens with one attached hydrogen (secondary N) is 1. The number of sulfone groups is 1. The van der Waals surface area contributed by atoms with E-state index in [1.54, 1.807) is 23.1 Å². The highest BCUT2D eigenvalue weighted by molar-refractivity contribution is 7.91. The highest BCUT2D eigenvalue weighted by atomic mass is 32.2. The number of rotatable bonds is 2. The number of urea groups is 1. The van der Waals surface area contributed by atoms with Gasteiger partial charge in [0.15, 0.2) is 11.5 Å². The third-order valence-electron chi connectivity index (χ3n) is 3.96. The van der Waals surface area contributed by atoms with Crippen LogP contribution in [0.2, 0.25) is 0 Å². The first kappa shape index (κ1) is 15.0. The molecule has 120 valence electrons. The van der Waals surface area contributed by atoms with Crippen molar-refractivity contribution < 1.29 is 22.7 Å². The van der Waals surface area contributed by atoms with Crippen LogP contribution in [0.5, 0.6) is 11.5 Å². The summed E-state index contributed by atoms with van der Waals surface area (Å²) in [4.78, 5) is 13.8. The van der Waals surface area contributed by atoms with Gasteiger partial charge in [0.2, 0.25) is 6.79 Å². The van der Waals surface area contributed by atoms with E-state index in [0.717, 1.165) is 0 Å². The van der Waals surface area contributed by atoms with Crippen LogP contribution in [-0.4, -0.2) is 50.7 Å². The van der Waals surface area contributed by atoms with Crippen molar-refractivity contribution in [2.24, 2.45) is 0 Å². The number of carbonyl (C=O) groups is 1. The quantitative estimate of drug-likeness (QED) is 0.889. The van der Waals surface area contributed by atoms with Crippen molar-refractivity contribution in [2.75, 3.05) is 31.5 Å². The molecule has 0 bridgehead atoms. The van der Waals surface area contributed by atoms with Crippen LogP contribution in [0.3, 0.4) is 0 Å². The molecular formula is C14H18N2O5S. The van der Waals surface area contributed by atoms with Crippen LogP contribution in [0.15, 0.2) is 18.2 Å². The second-order valence-corrected chi connectivity index (χ2v) is 7.84. The zero-order valence-electron chi connectivity index (χ0n) is 12.2. The Morgan fingerprint density at radius 2 is 1.91 bits per heavy atom. The monoisotopic (exact) mass is 326 g/mol. The summed E-state index contributed by atoms with van der Waals surface area (Å²) in [5, 5.41) is 2.45. The normalized spacial score (nSPS) is 18.3. The molecule has 1 aromatic carbocycles. The fraction of sp³-hybridized carbons (Fsp3) is 0.500. The van der Waals surface area contributed by atoms with Gasteiger partial charge in [-0.3, -0.25) is 0 Å². The van der Waals surface area contributed by atoms with Crippen LogP contribution in [0.4, 0.5) is 10.5 Å². The van der Waals surface area contributed by atoms with Crippen LogP contribution < -0.4 is 14.8 Å². The molecule has 2 aliphatic rings. The van der Waals surface area contributed by atoms with Crippen molar-refractivity contribution in [2.45, 2.75) is 18.1 Å². The van der Waals surface area contributed by atoms with E-state index in [4.69, 9.17) is 9.47 Å². The molecule has 3 rings (SSSR count). The van der Waals surface area contributed by atoms with Gasteiger partial charge in [0, 0.05) is 31.1 Å². The standard InChI is InChI=1S/C14H18N2O5S/c1-22(18,19)11-4-6-16(7-5-11)14(17)15-10-2-3-12-13(8-10)21-9-20-12/h2-3,8,11H,4-7,9H2,1H3,(H,15,17). The maximum atomic E-state index is 12.2. The number of amides is 2. The lowest BCUT2D eigenvalue weighted by molar-refractivity contribution is 0.174. The molecular weight excluding hydrogens is 308 g/mol. The zero-order valence-corrected chi connectivity index (χ0v) is 13.1. The van der Waals surface area contributed by atoms with Gasteiger partial charge in [-0.2, -0.15) is 0 Å². The van der Waals surface area contributed by atoms with Gasteiger partial charge in [-0.05, 0) is 25.0 Å². The van der Waals surface area contributed by atoms with Crippen LogP contribution in [0.1, 0.15) is 12.8 Å². The average molecular weight is 326 g/mol. The first-order chi connectivity index (χ1) is 10.4. The first-order valence-electron chi connectivity index (χ1n) is 7.08. The van der Waals surface area contributed by atoms with E-state index in [-0.39, 0.29) is 18.1 Å². The van der Waals surface area contributed by atoms with E-state index in [0.29, 0.717) is 43.1 Å². The number of anilines is 1. The maximum absolute atomic E-state index is 12.2. The van der Waals surface area contributed by atoms with Crippen molar-refractivity contribution in [3.63, 3.8) is 0 Å². The molecule has 0 aliphatic carbocycles. The molecule has 0 radical (unpaired) electrons. The number of carbonyl (C=O) groups excluding carboxylic acids is 1. The molecule has 7 nitrogen and oxygen atoms in total. The molecule has 1 N–H and O–H groups in total. The van der Waals surface area contributed by atoms with E-state index in [1.807, 2.05) is 0 Å². The summed E-state index contributed by atoms with van der Waals surface area (Å²) in [6.45, 7) is 1.06. The molecule has 2 heterocycles. The van der Waals surface area contributed by atoms with Crippen molar-refractivity contribution >= 4 is 21.6 Å². The minimum absolute atomic E-state index is 0.186. The molecule has 22 heavy (non-hydrogen) atoms. The third kappa shape index (κ3) is 3.11. The number of nitrogens with zero attached hydrogens (tertiary/aromatic N) is 1. The van der Waals surface area contributed by atoms with Gasteiger partial charge >= 0.3 is 6.03 Å². The largest absolute Gasteiger partial charge is 0.454 e. The molecule has 0 spiro atoms. The van der Waals surface area contributed by atoms with Crippen LogP contribution in [0.25, 0.3) is 0 Å². The van der Waals surface area contributed by atoms with Crippen molar-refractivity contribution in [1.29, 1.82) is 0 Å². The third-order valence-corrected chi connectivity index (χ3v) is 5.64. The Balaban J connectivity index is 1.59. The van der Waals surface area contributed by atoms with Gasteiger partial charge in [-0.15, -0.1) is 0 Å². The average Bonchev–Trinajstić information content (AvgIpc) is 2.94. The highest BCUT2D eigenvalue weighted by Gasteiger charge is 2.28. The van der Waals surface area contributed by atoms with Gasteiger partial charge < -0.3 is 19.7 Å². The Hall–Kier alpha value is -1.96. The predicted molar refractivity (Wildman–Crippen MR) is 81.0 cm³/mol. The van der Waals surface area contributed by atoms with E-state index in [2.05, 4.69) is 5.32 Å². The smallest absolute Gasteiger partial charge is 0.321 e. The van der Waals surface area contributed by atoms with E-state index < -0.39 is 9.84 Å². The lowest BCUT2D eigenvalue weighted by Gasteiger charge is -2.31. The van der Waals surface area contributed by atoms with Crippen molar-refractivity contribution in [3.8, 4) is 11.5 Å². The molecule has 2 amide bonds. The number of fused-ring (bicyclic) bond motifs is 1. The van der Waals surface area contributed by atoms with Crippen molar-refractivity contribution in [1.82, 2.24) is 4.90 Å². The number of ether oxygens (including phenoxy) is 2. The molecule has 0 saturated carbocycles. The van der Waals surface area contributed by atoms with Crippen LogP contribution >= 0.6 is 0 Å². The molecule has 0 aromatic heterocycles. The van der Waals surface area contributed by atoms with Gasteiger partial charge in [0.25, 0.3) is 0 Å². The zero-order chi connectivity index (χ0) is 15.7. The Kier molecular flexibility index (Phi) is 3.86. The highest BCUT2D eigenvalue weighted by Crippen LogP contribution is 2.34. The number of piperidine rings is 1. The number of hydrogen-bond acceptors (Lipinski definition) is 5. The molecule has 8 heteroatoms. The molecule has 0 unspecified atom stereocenters. The molecule has 0 atom stereocenters. The Labute approximate surface area is 129 Å². The lowest BCUT2D eigenvalue weighted by atomic mass is 10.1. The lowest BCUT2D eigenvalue weighted by Crippen LogP contribution is -2.44. The Bertz CT molecular complexity index is 680. The summed E-state index contributed by atoms with van der Waals surface area (Å²) in [7, 11) is -3.03. The number of likely N-dealkylation sites (tertiary alicyclic amines) is 1. The fourth-order valence-corrected chi connectivity index (χ4v) is 3.73. The minimum Gasteiger partial charge on any atom is -0.454 e. The summed E-state index contributed by atoms with van der Waals surface area (Å²) in [5.41, 5.74) is 0.625. The Morgan fingerprint density at radius 1 is 1.23 bits per heavy atom. The SMILES string of the molecule is CS(=O)(=O)C1CCN(C(=O)Nc2ccc3c(c2)OCO3)CC1. The van der Waals surface area contributed by atoms with Crippen LogP contribution in [-0.2, 0) is 9.84 Å². The second kappa shape index (κ2) is 5.68. The topological polar surface area (TPSA) is 84.9 Å². The maximum Gasteiger partial charge on any atom is 0.321 e. The molecule has 2 aliphatic heterocycles. The van der Waals surface area contributed by atoms with Gasteiger partial charge in [0.05, 0.1) is 5.25 Å². The van der Waals surface area contributed by atoms with Gasteiger partial charge in [0.1, 0.15) is 9.84 Å². The Morgan fingerprint density at radius 3 is 2.59 bits per heavy atom. The number of hydrogen-bond donors (Lipinski definition) is 1. The fourth-order valence-electron chi connectivity index (χ4n) is 2.66. The predicted octanol–water partition coefficient (Wildman–Crippen LogP) is 1.46. The summed E-state index contributed by atoms with van der Waals surface area (Å²) >= 11 is 0. The summed E-state index contributed by atoms with van der Waals surface area (Å²) in [5.74, 6) is 1.26. The van der Waals surface area contributed by atoms with Gasteiger partial charge in [-0.1, -0.05) is 0 Å². The summed E-state index contributed by atoms with van der Waals surface area (Å²) in [6.07, 6.45) is 2.21. The first-order valence-corrected chi connectivity index (χ1v) is 9.03. The number of benzene rings is 1. The molecule has 1 fully saturated rings. The molecule has 1 saturated heterocycles. The summed E-state index contributed by atoms with van der Waals surface area (Å²) in [6, 6.07) is 4.97. The molecule has 1 aromatic rings. The minimum atomic E-state index is -3.03. The van der Waals surface area contributed by atoms with E-state index in [9.17, 15) is 13.2 Å². The van der Waals surface area contributed by atoms with E-state index in [1.165, 1.54) is 6.26 Å². The second-order valence-electron chi connectivity index (χ2n) is 5.51. The van der Waals surface area contributed by atoms with Crippen molar-refractivity contribution in [3.05, 3.63) is 18.2 Å². The summed E-state index contributed by atoms with van der Waals surface area (Å²) < 4.78 is 33.5.